The summed E-state index contributed by atoms with van der Waals surface area (Å²) in [5.41, 5.74) is 41.9. The highest BCUT2D eigenvalue weighted by Gasteiger charge is 2.31. The zero-order valence-corrected chi connectivity index (χ0v) is 78.3. The van der Waals surface area contributed by atoms with Crippen LogP contribution in [0.4, 0.5) is 0 Å². The molecule has 0 aliphatic carbocycles. The highest BCUT2D eigenvalue weighted by Crippen LogP contribution is 2.44. The molecule has 20 rings (SSSR count). The van der Waals surface area contributed by atoms with Crippen LogP contribution in [-0.2, 0) is 35.2 Å². The molecular weight excluding hydrogens is 1590 g/mol. The van der Waals surface area contributed by atoms with Crippen molar-refractivity contribution in [3.63, 3.8) is 0 Å². The Morgan fingerprint density at radius 3 is 0.869 bits per heavy atom. The van der Waals surface area contributed by atoms with Crippen molar-refractivity contribution in [2.75, 3.05) is 0 Å². The monoisotopic (exact) mass is 1700 g/mol. The van der Waals surface area contributed by atoms with Gasteiger partial charge in [-0.15, -0.1) is 0 Å². The fourth-order valence-corrected chi connectivity index (χ4v) is 18.8. The number of aryl methyl sites for hydroxylation is 15. The molecule has 0 fully saturated rings. The Morgan fingerprint density at radius 2 is 0.531 bits per heavy atom. The molecule has 0 amide bonds. The summed E-state index contributed by atoms with van der Waals surface area (Å²) in [6.45, 7) is 32.7. The maximum atomic E-state index is 4.63. The van der Waals surface area contributed by atoms with Crippen LogP contribution in [-0.4, -0.2) is 39.9 Å². The van der Waals surface area contributed by atoms with E-state index in [1.165, 1.54) is 205 Å². The smallest absolute Gasteiger partial charge is 0.224 e. The van der Waals surface area contributed by atoms with Gasteiger partial charge in [0.25, 0.3) is 0 Å². The third-order valence-corrected chi connectivity index (χ3v) is 25.5. The summed E-state index contributed by atoms with van der Waals surface area (Å²) in [5.74, 6) is 0.758. The maximum absolute atomic E-state index is 4.63. The molecular formula is C117H112N13+5. The number of aromatic nitrogens is 13. The second-order valence-electron chi connectivity index (χ2n) is 34.8. The van der Waals surface area contributed by atoms with E-state index < -0.39 is 0 Å². The molecule has 0 unspecified atom stereocenters. The molecule has 0 atom stereocenters. The Balaban J connectivity index is 0.000000119. The van der Waals surface area contributed by atoms with E-state index in [1.807, 2.05) is 67.8 Å². The second-order valence-corrected chi connectivity index (χ2v) is 34.8. The largest absolute Gasteiger partial charge is 0.265 e. The van der Waals surface area contributed by atoms with Crippen molar-refractivity contribution in [1.82, 2.24) is 39.9 Å². The molecule has 0 spiro atoms. The van der Waals surface area contributed by atoms with E-state index in [0.29, 0.717) is 0 Å². The van der Waals surface area contributed by atoms with Crippen molar-refractivity contribution in [2.24, 2.45) is 35.2 Å². The number of rotatable bonds is 10. The summed E-state index contributed by atoms with van der Waals surface area (Å²) in [6, 6.07) is 77.4. The Labute approximate surface area is 764 Å². The summed E-state index contributed by atoms with van der Waals surface area (Å²) in [6.07, 6.45) is 30.9. The van der Waals surface area contributed by atoms with Gasteiger partial charge < -0.3 is 0 Å². The lowest BCUT2D eigenvalue weighted by Gasteiger charge is -2.15. The summed E-state index contributed by atoms with van der Waals surface area (Å²) in [4.78, 5) is 35.4. The molecule has 0 saturated carbocycles. The Morgan fingerprint density at radius 1 is 0.215 bits per heavy atom. The molecule has 13 heteroatoms. The van der Waals surface area contributed by atoms with Crippen LogP contribution < -0.4 is 22.8 Å². The first-order valence-electron chi connectivity index (χ1n) is 44.4. The lowest BCUT2D eigenvalue weighted by Crippen LogP contribution is -2.32. The van der Waals surface area contributed by atoms with E-state index >= 15 is 0 Å². The van der Waals surface area contributed by atoms with Crippen molar-refractivity contribution in [2.45, 2.75) is 104 Å². The average Bonchev–Trinajstić information content (AvgIpc) is 0.771. The van der Waals surface area contributed by atoms with Gasteiger partial charge in [-0.1, -0.05) is 155 Å². The van der Waals surface area contributed by atoms with Gasteiger partial charge in [-0.05, 0) is 256 Å². The summed E-state index contributed by atoms with van der Waals surface area (Å²) in [7, 11) is 10.6. The van der Waals surface area contributed by atoms with Crippen LogP contribution in [0, 0.1) is 104 Å². The summed E-state index contributed by atoms with van der Waals surface area (Å²) >= 11 is 0. The van der Waals surface area contributed by atoms with Crippen LogP contribution in [0.1, 0.15) is 83.5 Å². The highest BCUT2D eigenvalue weighted by atomic mass is 15.0. The predicted octanol–water partition coefficient (Wildman–Crippen LogP) is 24.8. The van der Waals surface area contributed by atoms with Crippen LogP contribution in [0.15, 0.2) is 318 Å². The number of hydrogen-bond donors (Lipinski definition) is 0. The molecule has 0 bridgehead atoms. The minimum Gasteiger partial charge on any atom is -0.265 e. The number of hydrogen-bond acceptors (Lipinski definition) is 8. The predicted molar refractivity (Wildman–Crippen MR) is 533 cm³/mol. The van der Waals surface area contributed by atoms with E-state index in [4.69, 9.17) is 0 Å². The van der Waals surface area contributed by atoms with Gasteiger partial charge in [0.15, 0.2) is 36.8 Å². The minimum absolute atomic E-state index is 0.758. The fourth-order valence-electron chi connectivity index (χ4n) is 18.8. The molecule has 130 heavy (non-hydrogen) atoms. The number of fused-ring (bicyclic) bond motifs is 5. The Hall–Kier alpha value is -15.2. The molecule has 10 aromatic heterocycles. The molecule has 640 valence electrons. The highest BCUT2D eigenvalue weighted by molar-refractivity contribution is 6.06. The first-order valence-corrected chi connectivity index (χ1v) is 44.4. The van der Waals surface area contributed by atoms with Gasteiger partial charge in [0, 0.05) is 115 Å². The van der Waals surface area contributed by atoms with Crippen molar-refractivity contribution in [3.8, 4) is 112 Å². The van der Waals surface area contributed by atoms with Crippen molar-refractivity contribution in [1.29, 1.82) is 0 Å². The zero-order valence-electron chi connectivity index (χ0n) is 78.3. The van der Waals surface area contributed by atoms with Gasteiger partial charge in [0.05, 0.1) is 73.2 Å². The van der Waals surface area contributed by atoms with E-state index in [-0.39, 0.29) is 0 Å². The van der Waals surface area contributed by atoms with Crippen LogP contribution in [0.5, 0.6) is 0 Å². The third kappa shape index (κ3) is 18.0. The lowest BCUT2D eigenvalue weighted by atomic mass is 9.90. The van der Waals surface area contributed by atoms with Crippen LogP contribution in [0.25, 0.3) is 166 Å². The van der Waals surface area contributed by atoms with E-state index in [0.717, 1.165) is 45.2 Å². The summed E-state index contributed by atoms with van der Waals surface area (Å²) < 4.78 is 11.2. The quantitative estimate of drug-likeness (QED) is 0.124. The van der Waals surface area contributed by atoms with Crippen molar-refractivity contribution >= 4 is 53.9 Å². The molecule has 20 aromatic rings. The average molecular weight is 1700 g/mol. The molecule has 10 heterocycles. The first kappa shape index (κ1) is 88.2. The molecule has 13 nitrogen and oxygen atoms in total. The van der Waals surface area contributed by atoms with Gasteiger partial charge in [0.1, 0.15) is 41.6 Å². The van der Waals surface area contributed by atoms with Gasteiger partial charge in [-0.25, -0.2) is 19.9 Å². The minimum atomic E-state index is 0.758. The van der Waals surface area contributed by atoms with Crippen LogP contribution in [0.2, 0.25) is 0 Å². The molecule has 0 N–H and O–H groups in total. The maximum Gasteiger partial charge on any atom is 0.224 e. The molecule has 0 saturated heterocycles. The van der Waals surface area contributed by atoms with E-state index in [1.54, 1.807) is 18.7 Å². The van der Waals surface area contributed by atoms with Gasteiger partial charge in [-0.3, -0.25) is 19.9 Å². The first-order chi connectivity index (χ1) is 62.8. The SMILES string of the molecule is Cc1cc(C)c(C)c(-c2c(-c3cccnc3)c3ccccc3c[n+]2C)c1.Cc1cc(C)c(C)c(-c2c(-c3ccncc3)c3ccccc3c[n+]2C)c1.Cc1cc(C)c(C)c(-c2c(-c3ccncn3)c3ccccc3c[n+]2C)c1.Cc1cc(C)c(C)c(-c2c(-c3cnccn3)c3ccccc3c[n+]2C)c1.Cc1cc(C)c(C)c(-c2c(-c3ncccn3)c3ccccc3c[n+]2C)c1. The number of pyridine rings is 7. The summed E-state index contributed by atoms with van der Waals surface area (Å²) in [5, 5.41) is 12.2. The number of benzene rings is 10. The lowest BCUT2D eigenvalue weighted by molar-refractivity contribution is -0.658. The van der Waals surface area contributed by atoms with E-state index in [2.05, 4.69) is 433 Å². The van der Waals surface area contributed by atoms with Gasteiger partial charge in [-0.2, -0.15) is 22.8 Å². The zero-order chi connectivity index (χ0) is 91.3. The number of nitrogens with zero attached hydrogens (tertiary/aromatic N) is 13. The van der Waals surface area contributed by atoms with E-state index in [9.17, 15) is 0 Å². The van der Waals surface area contributed by atoms with Gasteiger partial charge in [0.2, 0.25) is 28.5 Å². The van der Waals surface area contributed by atoms with Crippen LogP contribution in [0.3, 0.4) is 0 Å². The van der Waals surface area contributed by atoms with Gasteiger partial charge >= 0.3 is 0 Å². The standard InChI is InChI=1S/2C24H23N2.3C23H22N3/c1-16-12-17(2)18(3)22(13-16)24-23(19-9-7-11-25-14-19)21-10-6-5-8-20(21)15-26(24)4;1-16-13-17(2)18(3)22(14-16)24-23(19-9-11-25-12-10-19)21-8-6-5-7-20(21)15-26(24)4;1-15-12-16(2)17(3)20(13-15)22-21(23-24-10-7-11-25-23)19-9-6-5-8-18(19)14-26(22)4;1-15-11-16(2)17(3)20(12-15)23-22(21-13-24-9-10-25-21)19-8-6-5-7-18(19)14-26(23)4;1-15-11-16(2)17(3)20(12-15)23-22(21-9-10-24-14-25-21)19-8-6-5-7-18(19)13-26(23)4/h2*5-15H,1-4H3;3*5-14H,1-4H3/q5*+1. The van der Waals surface area contributed by atoms with Crippen molar-refractivity contribution in [3.05, 3.63) is 401 Å². The molecule has 0 radical (unpaired) electrons. The van der Waals surface area contributed by atoms with Crippen molar-refractivity contribution < 1.29 is 22.8 Å². The Bertz CT molecular complexity index is 6630. The molecule has 0 aliphatic rings. The topological polar surface area (TPSA) is 123 Å². The normalized spacial score (nSPS) is 11.1. The Kier molecular flexibility index (Phi) is 25.9. The molecule has 0 aliphatic heterocycles. The van der Waals surface area contributed by atoms with Crippen LogP contribution >= 0.6 is 0 Å². The second kappa shape index (κ2) is 38.2. The fraction of sp³-hybridized carbons (Fsp3) is 0.171. The molecule has 10 aromatic carbocycles. The third-order valence-electron chi connectivity index (χ3n) is 25.5.